The number of benzene rings is 2. The minimum Gasteiger partial charge on any atom is -0.457 e. The van der Waals surface area contributed by atoms with Crippen molar-refractivity contribution in [3.05, 3.63) is 58.6 Å². The topological polar surface area (TPSA) is 59.3 Å². The summed E-state index contributed by atoms with van der Waals surface area (Å²) in [5, 5.41) is 9.64. The average Bonchev–Trinajstić information content (AvgIpc) is 3.28. The van der Waals surface area contributed by atoms with Crippen LogP contribution in [-0.2, 0) is 9.53 Å². The van der Waals surface area contributed by atoms with Crippen LogP contribution < -0.4 is 4.74 Å². The molecular formula is C22H18Br3Cl2NO3. The monoisotopic (exact) mass is 651 g/mol. The summed E-state index contributed by atoms with van der Waals surface area (Å²) in [5.41, 5.74) is 0.154. The first kappa shape index (κ1) is 24.9. The Labute approximate surface area is 216 Å². The average molecular weight is 655 g/mol. The zero-order chi connectivity index (χ0) is 23.0. The number of nitriles is 1. The van der Waals surface area contributed by atoms with Crippen LogP contribution in [0.5, 0.6) is 11.5 Å². The Morgan fingerprint density at radius 3 is 2.42 bits per heavy atom. The number of carbonyl (C=O) groups is 1. The third-order valence-corrected chi connectivity index (χ3v) is 9.24. The number of hydrogen-bond donors (Lipinski definition) is 0. The number of hydrogen-bond acceptors (Lipinski definition) is 4. The second-order valence-electron chi connectivity index (χ2n) is 7.84. The molecule has 2 aromatic carbocycles. The molecular weight excluding hydrogens is 637 g/mol. The van der Waals surface area contributed by atoms with Gasteiger partial charge in [0.15, 0.2) is 3.24 Å². The summed E-state index contributed by atoms with van der Waals surface area (Å²) >= 11 is 22.4. The van der Waals surface area contributed by atoms with Crippen molar-refractivity contribution in [1.29, 1.82) is 5.26 Å². The molecule has 4 nitrogen and oxygen atoms in total. The molecule has 0 saturated heterocycles. The van der Waals surface area contributed by atoms with Crippen LogP contribution in [-0.4, -0.2) is 14.0 Å². The number of alkyl halides is 4. The smallest absolute Gasteiger partial charge is 0.311 e. The molecule has 0 aliphatic heterocycles. The number of nitrogens with zero attached hydrogens (tertiary/aromatic N) is 1. The fourth-order valence-electron chi connectivity index (χ4n) is 3.62. The van der Waals surface area contributed by atoms with Crippen LogP contribution in [0.25, 0.3) is 0 Å². The van der Waals surface area contributed by atoms with Gasteiger partial charge in [-0.15, -0.1) is 0 Å². The molecule has 1 fully saturated rings. The zero-order valence-electron chi connectivity index (χ0n) is 16.5. The molecule has 0 heterocycles. The van der Waals surface area contributed by atoms with Crippen molar-refractivity contribution in [2.75, 3.05) is 0 Å². The molecule has 0 spiro atoms. The number of ether oxygens (including phenoxy) is 2. The Balaban J connectivity index is 1.72. The molecule has 4 unspecified atom stereocenters. The molecule has 4 atom stereocenters. The first-order valence-electron chi connectivity index (χ1n) is 9.29. The van der Waals surface area contributed by atoms with Gasteiger partial charge in [-0.2, -0.15) is 5.26 Å². The Morgan fingerprint density at radius 1 is 1.19 bits per heavy atom. The van der Waals surface area contributed by atoms with Gasteiger partial charge in [0, 0.05) is 10.0 Å². The van der Waals surface area contributed by atoms with Gasteiger partial charge in [0.2, 0.25) is 6.10 Å². The van der Waals surface area contributed by atoms with Crippen LogP contribution >= 0.6 is 71.0 Å². The molecule has 164 valence electrons. The van der Waals surface area contributed by atoms with Crippen LogP contribution in [0.1, 0.15) is 25.5 Å². The van der Waals surface area contributed by atoms with E-state index in [2.05, 4.69) is 53.9 Å². The number of esters is 1. The zero-order valence-corrected chi connectivity index (χ0v) is 22.8. The second kappa shape index (κ2) is 9.61. The minimum absolute atomic E-state index is 0.152. The second-order valence-corrected chi connectivity index (χ2v) is 13.3. The summed E-state index contributed by atoms with van der Waals surface area (Å²) in [6.07, 6.45) is -1.06. The van der Waals surface area contributed by atoms with Gasteiger partial charge >= 0.3 is 5.97 Å². The summed E-state index contributed by atoms with van der Waals surface area (Å²) in [7, 11) is 0. The fraction of sp³-hybridized carbons (Fsp3) is 0.364. The Hall–Kier alpha value is -0.780. The van der Waals surface area contributed by atoms with Crippen molar-refractivity contribution in [1.82, 2.24) is 0 Å². The molecule has 31 heavy (non-hydrogen) atoms. The predicted octanol–water partition coefficient (Wildman–Crippen LogP) is 7.91. The first-order valence-corrected chi connectivity index (χ1v) is 12.5. The van der Waals surface area contributed by atoms with Crippen molar-refractivity contribution in [3.8, 4) is 17.6 Å². The lowest BCUT2D eigenvalue weighted by atomic mass is 10.1. The van der Waals surface area contributed by atoms with Crippen LogP contribution in [0.3, 0.4) is 0 Å². The molecule has 0 bridgehead atoms. The van der Waals surface area contributed by atoms with E-state index < -0.39 is 21.2 Å². The number of carbonyl (C=O) groups excluding carboxylic acids is 1. The highest BCUT2D eigenvalue weighted by Gasteiger charge is 2.67. The third-order valence-electron chi connectivity index (χ3n) is 5.35. The molecule has 1 saturated carbocycles. The molecule has 9 heteroatoms. The van der Waals surface area contributed by atoms with Crippen LogP contribution in [0.15, 0.2) is 53.0 Å². The van der Waals surface area contributed by atoms with Gasteiger partial charge in [-0.1, -0.05) is 81.0 Å². The quantitative estimate of drug-likeness (QED) is 0.225. The van der Waals surface area contributed by atoms with Gasteiger partial charge in [-0.3, -0.25) is 4.79 Å². The van der Waals surface area contributed by atoms with E-state index in [0.717, 1.165) is 4.47 Å². The largest absolute Gasteiger partial charge is 0.457 e. The van der Waals surface area contributed by atoms with Crippen LogP contribution in [0, 0.1) is 28.6 Å². The van der Waals surface area contributed by atoms with Gasteiger partial charge < -0.3 is 9.47 Å². The van der Waals surface area contributed by atoms with Crippen molar-refractivity contribution < 1.29 is 14.3 Å². The highest BCUT2D eigenvalue weighted by atomic mass is 79.9. The van der Waals surface area contributed by atoms with E-state index in [-0.39, 0.29) is 16.2 Å². The maximum Gasteiger partial charge on any atom is 0.311 e. The first-order chi connectivity index (χ1) is 14.4. The molecule has 0 aromatic heterocycles. The summed E-state index contributed by atoms with van der Waals surface area (Å²) < 4.78 is 11.1. The van der Waals surface area contributed by atoms with E-state index in [0.29, 0.717) is 17.1 Å². The molecule has 1 aliphatic carbocycles. The van der Waals surface area contributed by atoms with Gasteiger partial charge in [0.25, 0.3) is 0 Å². The van der Waals surface area contributed by atoms with Gasteiger partial charge in [-0.25, -0.2) is 0 Å². The lowest BCUT2D eigenvalue weighted by Gasteiger charge is -2.20. The maximum atomic E-state index is 12.9. The molecule has 2 aromatic rings. The van der Waals surface area contributed by atoms with Crippen molar-refractivity contribution in [2.45, 2.75) is 28.0 Å². The SMILES string of the molecule is CC1(C)C(C(=O)OC(C#N)c2cccc(Oc3ccc(Br)cc3)c2)C1C(Br)C(Cl)(Cl)Br. The van der Waals surface area contributed by atoms with Crippen molar-refractivity contribution in [2.24, 2.45) is 17.3 Å². The maximum absolute atomic E-state index is 12.9. The predicted molar refractivity (Wildman–Crippen MR) is 132 cm³/mol. The Morgan fingerprint density at radius 2 is 1.84 bits per heavy atom. The fourth-order valence-corrected chi connectivity index (χ4v) is 5.42. The van der Waals surface area contributed by atoms with Crippen LogP contribution in [0.4, 0.5) is 0 Å². The number of rotatable bonds is 7. The van der Waals surface area contributed by atoms with Gasteiger partial charge in [0.1, 0.15) is 17.6 Å². The summed E-state index contributed by atoms with van der Waals surface area (Å²) in [6.45, 7) is 3.89. The van der Waals surface area contributed by atoms with E-state index in [1.807, 2.05) is 38.1 Å². The van der Waals surface area contributed by atoms with E-state index in [4.69, 9.17) is 32.7 Å². The van der Waals surface area contributed by atoms with Gasteiger partial charge in [0.05, 0.1) is 10.7 Å². The van der Waals surface area contributed by atoms with Crippen molar-refractivity contribution in [3.63, 3.8) is 0 Å². The highest BCUT2D eigenvalue weighted by Crippen LogP contribution is 2.65. The number of halogens is 5. The highest BCUT2D eigenvalue weighted by molar-refractivity contribution is 9.13. The Kier molecular flexibility index (Phi) is 7.70. The van der Waals surface area contributed by atoms with E-state index in [1.54, 1.807) is 24.3 Å². The molecule has 0 radical (unpaired) electrons. The third kappa shape index (κ3) is 5.78. The summed E-state index contributed by atoms with van der Waals surface area (Å²) in [6, 6.07) is 16.4. The normalized spacial score (nSPS) is 21.5. The van der Waals surface area contributed by atoms with Gasteiger partial charge in [-0.05, 0) is 63.7 Å². The summed E-state index contributed by atoms with van der Waals surface area (Å²) in [4.78, 5) is 12.5. The molecule has 0 amide bonds. The van der Waals surface area contributed by atoms with E-state index in [1.165, 1.54) is 0 Å². The minimum atomic E-state index is -1.22. The van der Waals surface area contributed by atoms with E-state index in [9.17, 15) is 10.1 Å². The van der Waals surface area contributed by atoms with Crippen molar-refractivity contribution >= 4 is 77.0 Å². The molecule has 3 rings (SSSR count). The van der Waals surface area contributed by atoms with E-state index >= 15 is 0 Å². The lowest BCUT2D eigenvalue weighted by Crippen LogP contribution is -2.24. The summed E-state index contributed by atoms with van der Waals surface area (Å²) in [5.74, 6) is 0.132. The Bertz CT molecular complexity index is 1000. The molecule has 0 N–H and O–H groups in total. The standard InChI is InChI=1S/C22H18Br3Cl2NO3/c1-21(2)17(19(24)22(25,26)27)18(21)20(29)31-16(11-28)12-4-3-5-15(10-12)30-14-8-6-13(23)7-9-14/h3-10,16-19H,1-2H3. The molecule has 1 aliphatic rings. The van der Waals surface area contributed by atoms with Crippen LogP contribution in [0.2, 0.25) is 0 Å². The lowest BCUT2D eigenvalue weighted by molar-refractivity contribution is -0.149.